The number of rotatable bonds is 9. The van der Waals surface area contributed by atoms with Crippen molar-refractivity contribution in [2.24, 2.45) is 0 Å². The van der Waals surface area contributed by atoms with Gasteiger partial charge in [-0.05, 0) is 6.07 Å². The molecule has 1 rings (SSSR count). The van der Waals surface area contributed by atoms with Crippen LogP contribution in [0.1, 0.15) is 0 Å². The number of nitro groups is 1. The predicted molar refractivity (Wildman–Crippen MR) is 85.3 cm³/mol. The monoisotopic (exact) mass is 373 g/mol. The number of hydrogen-bond acceptors (Lipinski definition) is 6. The van der Waals surface area contributed by atoms with Crippen LogP contribution in [-0.4, -0.2) is 46.7 Å². The summed E-state index contributed by atoms with van der Waals surface area (Å²) in [6, 6.07) is 3.71. The second kappa shape index (κ2) is 9.93. The lowest BCUT2D eigenvalue weighted by Gasteiger charge is -2.09. The first-order valence-electron chi connectivity index (χ1n) is 6.02. The second-order valence-electron chi connectivity index (χ2n) is 3.99. The van der Waals surface area contributed by atoms with Crippen LogP contribution in [0, 0.1) is 10.1 Å². The number of nitrogens with zero attached hydrogens (tertiary/aromatic N) is 1. The van der Waals surface area contributed by atoms with E-state index in [0.717, 1.165) is 6.07 Å². The van der Waals surface area contributed by atoms with E-state index in [0.29, 0.717) is 19.7 Å². The summed E-state index contributed by atoms with van der Waals surface area (Å²) in [7, 11) is -2.50. The molecular formula is C11H17Cl2N3O5S. The zero-order valence-corrected chi connectivity index (χ0v) is 14.1. The third-order valence-electron chi connectivity index (χ3n) is 2.49. The Morgan fingerprint density at radius 2 is 2.00 bits per heavy atom. The first-order valence-corrected chi connectivity index (χ1v) is 7.88. The molecule has 0 fully saturated rings. The van der Waals surface area contributed by atoms with Gasteiger partial charge in [0.25, 0.3) is 5.69 Å². The Bertz CT molecular complexity index is 597. The summed E-state index contributed by atoms with van der Waals surface area (Å²) in [5, 5.41) is 13.7. The Kier molecular flexibility index (Phi) is 9.49. The van der Waals surface area contributed by atoms with Crippen LogP contribution in [0.15, 0.2) is 23.1 Å². The highest BCUT2D eigenvalue weighted by molar-refractivity contribution is 7.89. The van der Waals surface area contributed by atoms with E-state index < -0.39 is 25.5 Å². The predicted octanol–water partition coefficient (Wildman–Crippen LogP) is 1.18. The molecule has 0 spiro atoms. The minimum absolute atomic E-state index is 0. The number of benzene rings is 1. The SMILES string of the molecule is COCCNCCNS(=O)(=O)c1c(Cl)cccc1[N+](=O)[O-].Cl. The molecule has 0 saturated heterocycles. The van der Waals surface area contributed by atoms with E-state index in [2.05, 4.69) is 10.0 Å². The van der Waals surface area contributed by atoms with Gasteiger partial charge in [-0.1, -0.05) is 17.7 Å². The average Bonchev–Trinajstić information content (AvgIpc) is 2.42. The summed E-state index contributed by atoms with van der Waals surface area (Å²) in [5.41, 5.74) is -0.553. The lowest BCUT2D eigenvalue weighted by atomic mass is 10.3. The van der Waals surface area contributed by atoms with Crippen molar-refractivity contribution in [2.45, 2.75) is 4.90 Å². The van der Waals surface area contributed by atoms with Crippen LogP contribution in [0.4, 0.5) is 5.69 Å². The van der Waals surface area contributed by atoms with Gasteiger partial charge in [-0.15, -0.1) is 12.4 Å². The lowest BCUT2D eigenvalue weighted by molar-refractivity contribution is -0.387. The third-order valence-corrected chi connectivity index (χ3v) is 4.47. The normalized spacial score (nSPS) is 11.0. The van der Waals surface area contributed by atoms with E-state index >= 15 is 0 Å². The average molecular weight is 374 g/mol. The fourth-order valence-electron chi connectivity index (χ4n) is 1.55. The van der Waals surface area contributed by atoms with Crippen LogP contribution in [0.25, 0.3) is 0 Å². The van der Waals surface area contributed by atoms with Crippen molar-refractivity contribution in [3.05, 3.63) is 33.3 Å². The number of nitrogens with one attached hydrogen (secondary N) is 2. The Balaban J connectivity index is 0.00000441. The highest BCUT2D eigenvalue weighted by Gasteiger charge is 2.28. The topological polar surface area (TPSA) is 111 Å². The largest absolute Gasteiger partial charge is 0.383 e. The molecule has 1 aromatic rings. The van der Waals surface area contributed by atoms with Gasteiger partial charge in [-0.25, -0.2) is 13.1 Å². The Labute approximate surface area is 139 Å². The first-order chi connectivity index (χ1) is 9.90. The number of halogens is 2. The van der Waals surface area contributed by atoms with E-state index in [1.54, 1.807) is 7.11 Å². The van der Waals surface area contributed by atoms with Gasteiger partial charge in [0, 0.05) is 32.8 Å². The third kappa shape index (κ3) is 6.03. The van der Waals surface area contributed by atoms with E-state index in [9.17, 15) is 18.5 Å². The van der Waals surface area contributed by atoms with Crippen LogP contribution in [0.2, 0.25) is 5.02 Å². The first kappa shape index (κ1) is 21.0. The molecule has 0 aliphatic rings. The number of sulfonamides is 1. The van der Waals surface area contributed by atoms with Crippen molar-refractivity contribution >= 4 is 39.7 Å². The molecule has 2 N–H and O–H groups in total. The molecule has 11 heteroatoms. The molecule has 0 aliphatic carbocycles. The summed E-state index contributed by atoms with van der Waals surface area (Å²) in [4.78, 5) is 9.60. The van der Waals surface area contributed by atoms with Crippen molar-refractivity contribution in [1.29, 1.82) is 0 Å². The second-order valence-corrected chi connectivity index (χ2v) is 6.10. The van der Waals surface area contributed by atoms with Gasteiger partial charge >= 0.3 is 0 Å². The van der Waals surface area contributed by atoms with Crippen molar-refractivity contribution in [1.82, 2.24) is 10.0 Å². The number of methoxy groups -OCH3 is 1. The zero-order chi connectivity index (χ0) is 15.9. The number of ether oxygens (including phenoxy) is 1. The van der Waals surface area contributed by atoms with E-state index in [4.69, 9.17) is 16.3 Å². The molecule has 1 aromatic carbocycles. The maximum absolute atomic E-state index is 12.1. The molecule has 0 saturated carbocycles. The quantitative estimate of drug-likeness (QED) is 0.382. The van der Waals surface area contributed by atoms with Crippen LogP contribution in [-0.2, 0) is 14.8 Å². The molecule has 0 atom stereocenters. The van der Waals surface area contributed by atoms with Gasteiger partial charge in [-0.2, -0.15) is 0 Å². The van der Waals surface area contributed by atoms with E-state index in [1.165, 1.54) is 12.1 Å². The number of nitro benzene ring substituents is 1. The highest BCUT2D eigenvalue weighted by atomic mass is 35.5. The summed E-state index contributed by atoms with van der Waals surface area (Å²) < 4.78 is 31.3. The summed E-state index contributed by atoms with van der Waals surface area (Å²) in [5.74, 6) is 0. The van der Waals surface area contributed by atoms with Crippen molar-refractivity contribution in [3.8, 4) is 0 Å². The van der Waals surface area contributed by atoms with Crippen LogP contribution < -0.4 is 10.0 Å². The van der Waals surface area contributed by atoms with Crippen LogP contribution in [0.3, 0.4) is 0 Å². The van der Waals surface area contributed by atoms with Gasteiger partial charge in [0.15, 0.2) is 4.90 Å². The molecule has 0 aliphatic heterocycles. The van der Waals surface area contributed by atoms with E-state index in [1.807, 2.05) is 0 Å². The maximum Gasteiger partial charge on any atom is 0.290 e. The molecule has 0 amide bonds. The lowest BCUT2D eigenvalue weighted by Crippen LogP contribution is -2.33. The van der Waals surface area contributed by atoms with Gasteiger partial charge in [0.2, 0.25) is 10.0 Å². The Morgan fingerprint density at radius 1 is 1.32 bits per heavy atom. The molecular weight excluding hydrogens is 357 g/mol. The zero-order valence-electron chi connectivity index (χ0n) is 11.7. The minimum Gasteiger partial charge on any atom is -0.383 e. The fraction of sp³-hybridized carbons (Fsp3) is 0.455. The van der Waals surface area contributed by atoms with Crippen LogP contribution >= 0.6 is 24.0 Å². The smallest absolute Gasteiger partial charge is 0.290 e. The fourth-order valence-corrected chi connectivity index (χ4v) is 3.28. The van der Waals surface area contributed by atoms with Crippen molar-refractivity contribution in [2.75, 3.05) is 33.4 Å². The molecule has 0 unspecified atom stereocenters. The van der Waals surface area contributed by atoms with Gasteiger partial charge < -0.3 is 10.1 Å². The van der Waals surface area contributed by atoms with Crippen molar-refractivity contribution in [3.63, 3.8) is 0 Å². The van der Waals surface area contributed by atoms with Gasteiger partial charge in [0.1, 0.15) is 0 Å². The number of hydrogen-bond donors (Lipinski definition) is 2. The standard InChI is InChI=1S/C11H16ClN3O5S.ClH/c1-20-8-7-13-5-6-14-21(18,19)11-9(12)3-2-4-10(11)15(16)17;/h2-4,13-14H,5-8H2,1H3;1H. The molecule has 8 nitrogen and oxygen atoms in total. The molecule has 0 heterocycles. The summed E-state index contributed by atoms with van der Waals surface area (Å²) >= 11 is 5.78. The Morgan fingerprint density at radius 3 is 2.59 bits per heavy atom. The highest BCUT2D eigenvalue weighted by Crippen LogP contribution is 2.30. The summed E-state index contributed by atoms with van der Waals surface area (Å²) in [6.07, 6.45) is 0. The van der Waals surface area contributed by atoms with Crippen molar-refractivity contribution < 1.29 is 18.1 Å². The van der Waals surface area contributed by atoms with Crippen LogP contribution in [0.5, 0.6) is 0 Å². The van der Waals surface area contributed by atoms with E-state index in [-0.39, 0.29) is 24.0 Å². The molecule has 0 radical (unpaired) electrons. The minimum atomic E-state index is -4.05. The van der Waals surface area contributed by atoms with Gasteiger partial charge in [-0.3, -0.25) is 10.1 Å². The molecule has 126 valence electrons. The Hall–Kier alpha value is -0.970. The maximum atomic E-state index is 12.1. The molecule has 0 bridgehead atoms. The van der Waals surface area contributed by atoms with Gasteiger partial charge in [0.05, 0.1) is 16.6 Å². The summed E-state index contributed by atoms with van der Waals surface area (Å²) in [6.45, 7) is 1.52. The molecule has 22 heavy (non-hydrogen) atoms. The molecule has 0 aromatic heterocycles.